The summed E-state index contributed by atoms with van der Waals surface area (Å²) in [5.74, 6) is 0. The van der Waals surface area contributed by atoms with E-state index in [1.54, 1.807) is 6.07 Å². The third-order valence-corrected chi connectivity index (χ3v) is 2.97. The number of hydrogen-bond acceptors (Lipinski definition) is 3. The van der Waals surface area contributed by atoms with Crippen LogP contribution in [-0.4, -0.2) is 10.2 Å². The predicted molar refractivity (Wildman–Crippen MR) is 71.3 cm³/mol. The van der Waals surface area contributed by atoms with Crippen LogP contribution in [0.3, 0.4) is 0 Å². The van der Waals surface area contributed by atoms with Gasteiger partial charge in [-0.05, 0) is 37.1 Å². The molecule has 0 unspecified atom stereocenters. The maximum absolute atomic E-state index is 5.92. The SMILES string of the molecule is Cc1ccc(Nc2cc(Cl)nnc2Cl)cc1C. The second-order valence-corrected chi connectivity index (χ2v) is 4.54. The van der Waals surface area contributed by atoms with Crippen molar-refractivity contribution in [1.82, 2.24) is 10.2 Å². The molecule has 0 bridgehead atoms. The van der Waals surface area contributed by atoms with Gasteiger partial charge in [0.1, 0.15) is 0 Å². The summed E-state index contributed by atoms with van der Waals surface area (Å²) in [6.07, 6.45) is 0. The molecule has 1 heterocycles. The lowest BCUT2D eigenvalue weighted by molar-refractivity contribution is 1.03. The van der Waals surface area contributed by atoms with Crippen molar-refractivity contribution in [2.75, 3.05) is 5.32 Å². The maximum atomic E-state index is 5.92. The first-order chi connectivity index (χ1) is 8.06. The van der Waals surface area contributed by atoms with Crippen LogP contribution in [0.25, 0.3) is 0 Å². The van der Waals surface area contributed by atoms with Crippen molar-refractivity contribution in [2.45, 2.75) is 13.8 Å². The van der Waals surface area contributed by atoms with E-state index in [4.69, 9.17) is 23.2 Å². The summed E-state index contributed by atoms with van der Waals surface area (Å²) in [5, 5.41) is 11.2. The third-order valence-electron chi connectivity index (χ3n) is 2.50. The molecular weight excluding hydrogens is 257 g/mol. The molecule has 17 heavy (non-hydrogen) atoms. The van der Waals surface area contributed by atoms with Crippen molar-refractivity contribution < 1.29 is 0 Å². The van der Waals surface area contributed by atoms with Gasteiger partial charge in [-0.3, -0.25) is 0 Å². The Morgan fingerprint density at radius 2 is 1.76 bits per heavy atom. The number of nitrogens with one attached hydrogen (secondary N) is 1. The average molecular weight is 268 g/mol. The number of aryl methyl sites for hydroxylation is 2. The van der Waals surface area contributed by atoms with E-state index >= 15 is 0 Å². The number of aromatic nitrogens is 2. The van der Waals surface area contributed by atoms with Crippen molar-refractivity contribution >= 4 is 34.6 Å². The fourth-order valence-electron chi connectivity index (χ4n) is 1.42. The van der Waals surface area contributed by atoms with E-state index in [0.29, 0.717) is 16.0 Å². The Hall–Kier alpha value is -1.32. The van der Waals surface area contributed by atoms with Crippen molar-refractivity contribution in [2.24, 2.45) is 0 Å². The summed E-state index contributed by atoms with van der Waals surface area (Å²) < 4.78 is 0. The van der Waals surface area contributed by atoms with Gasteiger partial charge in [0.25, 0.3) is 0 Å². The molecule has 2 aromatic rings. The quantitative estimate of drug-likeness (QED) is 0.889. The van der Waals surface area contributed by atoms with Gasteiger partial charge in [-0.25, -0.2) is 0 Å². The Labute approximate surface area is 110 Å². The largest absolute Gasteiger partial charge is 0.353 e. The van der Waals surface area contributed by atoms with Crippen molar-refractivity contribution in [3.8, 4) is 0 Å². The number of benzene rings is 1. The molecule has 0 aliphatic rings. The Morgan fingerprint density at radius 1 is 1.00 bits per heavy atom. The lowest BCUT2D eigenvalue weighted by Gasteiger charge is -2.09. The second kappa shape index (κ2) is 4.90. The van der Waals surface area contributed by atoms with E-state index in [2.05, 4.69) is 29.4 Å². The van der Waals surface area contributed by atoms with E-state index in [-0.39, 0.29) is 0 Å². The molecular formula is C12H11Cl2N3. The molecule has 0 saturated heterocycles. The first kappa shape index (κ1) is 12.1. The van der Waals surface area contributed by atoms with E-state index < -0.39 is 0 Å². The fraction of sp³-hybridized carbons (Fsp3) is 0.167. The second-order valence-electron chi connectivity index (χ2n) is 3.80. The van der Waals surface area contributed by atoms with Gasteiger partial charge in [0.15, 0.2) is 10.3 Å². The first-order valence-electron chi connectivity index (χ1n) is 5.09. The average Bonchev–Trinajstić information content (AvgIpc) is 2.29. The number of hydrogen-bond donors (Lipinski definition) is 1. The minimum atomic E-state index is 0.299. The monoisotopic (exact) mass is 267 g/mol. The zero-order chi connectivity index (χ0) is 12.4. The zero-order valence-electron chi connectivity index (χ0n) is 9.46. The summed E-state index contributed by atoms with van der Waals surface area (Å²) in [5.41, 5.74) is 4.04. The summed E-state index contributed by atoms with van der Waals surface area (Å²) in [4.78, 5) is 0. The maximum Gasteiger partial charge on any atom is 0.175 e. The molecule has 88 valence electrons. The van der Waals surface area contributed by atoms with Crippen molar-refractivity contribution in [3.05, 3.63) is 45.7 Å². The van der Waals surface area contributed by atoms with Crippen molar-refractivity contribution in [1.29, 1.82) is 0 Å². The lowest BCUT2D eigenvalue weighted by atomic mass is 10.1. The van der Waals surface area contributed by atoms with E-state index in [1.165, 1.54) is 11.1 Å². The highest BCUT2D eigenvalue weighted by Crippen LogP contribution is 2.25. The van der Waals surface area contributed by atoms with Gasteiger partial charge >= 0.3 is 0 Å². The number of nitrogens with zero attached hydrogens (tertiary/aromatic N) is 2. The Bertz CT molecular complexity index is 555. The minimum Gasteiger partial charge on any atom is -0.353 e. The molecule has 3 nitrogen and oxygen atoms in total. The number of anilines is 2. The standard InChI is InChI=1S/C12H11Cl2N3/c1-7-3-4-9(5-8(7)2)15-10-6-11(13)16-17-12(10)14/h3-6H,1-2H3,(H,15,16). The van der Waals surface area contributed by atoms with Crippen LogP contribution >= 0.6 is 23.2 Å². The Morgan fingerprint density at radius 3 is 2.47 bits per heavy atom. The van der Waals surface area contributed by atoms with E-state index in [1.807, 2.05) is 18.2 Å². The normalized spacial score (nSPS) is 10.4. The van der Waals surface area contributed by atoms with Crippen molar-refractivity contribution in [3.63, 3.8) is 0 Å². The van der Waals surface area contributed by atoms with E-state index in [9.17, 15) is 0 Å². The summed E-state index contributed by atoms with van der Waals surface area (Å²) in [6.45, 7) is 4.12. The molecule has 1 N–H and O–H groups in total. The highest BCUT2D eigenvalue weighted by Gasteiger charge is 2.05. The molecule has 0 atom stereocenters. The molecule has 0 spiro atoms. The smallest absolute Gasteiger partial charge is 0.175 e. The molecule has 0 radical (unpaired) electrons. The van der Waals surface area contributed by atoms with Crippen LogP contribution in [0.15, 0.2) is 24.3 Å². The van der Waals surface area contributed by atoms with Gasteiger partial charge < -0.3 is 5.32 Å². The molecule has 5 heteroatoms. The lowest BCUT2D eigenvalue weighted by Crippen LogP contribution is -1.95. The van der Waals surface area contributed by atoms with Crippen LogP contribution in [-0.2, 0) is 0 Å². The molecule has 0 amide bonds. The topological polar surface area (TPSA) is 37.8 Å². The number of halogens is 2. The van der Waals surface area contributed by atoms with Gasteiger partial charge in [0.2, 0.25) is 0 Å². The van der Waals surface area contributed by atoms with Gasteiger partial charge in [-0.1, -0.05) is 29.3 Å². The summed E-state index contributed by atoms with van der Waals surface area (Å²) in [6, 6.07) is 7.71. The van der Waals surface area contributed by atoms with Gasteiger partial charge in [-0.15, -0.1) is 10.2 Å². The molecule has 0 saturated carbocycles. The first-order valence-corrected chi connectivity index (χ1v) is 5.85. The Balaban J connectivity index is 2.31. The van der Waals surface area contributed by atoms with Gasteiger partial charge in [-0.2, -0.15) is 0 Å². The molecule has 2 rings (SSSR count). The van der Waals surface area contributed by atoms with Crippen LogP contribution < -0.4 is 5.32 Å². The van der Waals surface area contributed by atoms with Crippen LogP contribution in [0.5, 0.6) is 0 Å². The third kappa shape index (κ3) is 2.87. The van der Waals surface area contributed by atoms with Crippen LogP contribution in [0, 0.1) is 13.8 Å². The minimum absolute atomic E-state index is 0.299. The summed E-state index contributed by atoms with van der Waals surface area (Å²) >= 11 is 11.7. The predicted octanol–water partition coefficient (Wildman–Crippen LogP) is 4.14. The number of rotatable bonds is 2. The molecule has 1 aromatic carbocycles. The molecule has 0 fully saturated rings. The highest BCUT2D eigenvalue weighted by molar-refractivity contribution is 6.33. The molecule has 0 aliphatic carbocycles. The fourth-order valence-corrected chi connectivity index (χ4v) is 1.70. The zero-order valence-corrected chi connectivity index (χ0v) is 11.0. The molecule has 0 aliphatic heterocycles. The van der Waals surface area contributed by atoms with E-state index in [0.717, 1.165) is 5.69 Å². The van der Waals surface area contributed by atoms with Gasteiger partial charge in [0.05, 0.1) is 5.69 Å². The summed E-state index contributed by atoms with van der Waals surface area (Å²) in [7, 11) is 0. The van der Waals surface area contributed by atoms with Crippen LogP contribution in [0.1, 0.15) is 11.1 Å². The van der Waals surface area contributed by atoms with Gasteiger partial charge in [0, 0.05) is 11.8 Å². The van der Waals surface area contributed by atoms with Crippen LogP contribution in [0.4, 0.5) is 11.4 Å². The van der Waals surface area contributed by atoms with Crippen LogP contribution in [0.2, 0.25) is 10.3 Å². The Kier molecular flexibility index (Phi) is 3.50. The molecule has 1 aromatic heterocycles. The highest BCUT2D eigenvalue weighted by atomic mass is 35.5.